The lowest BCUT2D eigenvalue weighted by atomic mass is 9.95. The molecule has 90 valence electrons. The third-order valence-electron chi connectivity index (χ3n) is 3.43. The third-order valence-corrected chi connectivity index (χ3v) is 3.43. The standard InChI is InChI=1S/C13H27NO/c1-4-10-13(2,3)14-11-8-6-5-7-9-12(11)15/h11-12,14-15H,4-10H2,1-3H3. The van der Waals surface area contributed by atoms with E-state index in [1.54, 1.807) is 0 Å². The first kappa shape index (κ1) is 13.0. The molecule has 1 aliphatic carbocycles. The third kappa shape index (κ3) is 4.52. The fraction of sp³-hybridized carbons (Fsp3) is 1.00. The van der Waals surface area contributed by atoms with Gasteiger partial charge in [0.15, 0.2) is 0 Å². The van der Waals surface area contributed by atoms with E-state index in [0.717, 1.165) is 12.8 Å². The maximum Gasteiger partial charge on any atom is 0.0693 e. The van der Waals surface area contributed by atoms with Gasteiger partial charge >= 0.3 is 0 Å². The number of hydrogen-bond acceptors (Lipinski definition) is 2. The lowest BCUT2D eigenvalue weighted by molar-refractivity contribution is 0.102. The average molecular weight is 213 g/mol. The van der Waals surface area contributed by atoms with Gasteiger partial charge in [0.25, 0.3) is 0 Å². The molecule has 0 radical (unpaired) electrons. The van der Waals surface area contributed by atoms with Crippen molar-refractivity contribution in [3.8, 4) is 0 Å². The Balaban J connectivity index is 2.46. The van der Waals surface area contributed by atoms with E-state index in [0.29, 0.717) is 6.04 Å². The summed E-state index contributed by atoms with van der Waals surface area (Å²) >= 11 is 0. The number of aliphatic hydroxyl groups is 1. The van der Waals surface area contributed by atoms with E-state index in [9.17, 15) is 5.11 Å². The smallest absolute Gasteiger partial charge is 0.0693 e. The molecular weight excluding hydrogens is 186 g/mol. The molecule has 2 atom stereocenters. The van der Waals surface area contributed by atoms with E-state index in [1.807, 2.05) is 0 Å². The SMILES string of the molecule is CCCC(C)(C)NC1CCCCCC1O. The van der Waals surface area contributed by atoms with E-state index < -0.39 is 0 Å². The van der Waals surface area contributed by atoms with Crippen molar-refractivity contribution in [1.29, 1.82) is 0 Å². The van der Waals surface area contributed by atoms with Crippen molar-refractivity contribution >= 4 is 0 Å². The van der Waals surface area contributed by atoms with Gasteiger partial charge in [0.2, 0.25) is 0 Å². The van der Waals surface area contributed by atoms with Crippen LogP contribution in [-0.2, 0) is 0 Å². The van der Waals surface area contributed by atoms with Crippen molar-refractivity contribution in [2.24, 2.45) is 0 Å². The largest absolute Gasteiger partial charge is 0.392 e. The maximum atomic E-state index is 10.0. The minimum absolute atomic E-state index is 0.136. The average Bonchev–Trinajstić information content (AvgIpc) is 2.31. The van der Waals surface area contributed by atoms with Crippen LogP contribution in [0.4, 0.5) is 0 Å². The Bertz CT molecular complexity index is 179. The van der Waals surface area contributed by atoms with Crippen LogP contribution < -0.4 is 5.32 Å². The molecule has 15 heavy (non-hydrogen) atoms. The molecule has 0 aromatic rings. The summed E-state index contributed by atoms with van der Waals surface area (Å²) in [4.78, 5) is 0. The molecule has 0 aromatic heterocycles. The highest BCUT2D eigenvalue weighted by molar-refractivity contribution is 4.87. The summed E-state index contributed by atoms with van der Waals surface area (Å²) < 4.78 is 0. The van der Waals surface area contributed by atoms with Gasteiger partial charge in [-0.2, -0.15) is 0 Å². The molecule has 1 fully saturated rings. The van der Waals surface area contributed by atoms with Crippen LogP contribution in [0.1, 0.15) is 65.7 Å². The highest BCUT2D eigenvalue weighted by atomic mass is 16.3. The molecule has 0 aromatic carbocycles. The van der Waals surface area contributed by atoms with Crippen LogP contribution in [-0.4, -0.2) is 22.8 Å². The quantitative estimate of drug-likeness (QED) is 0.704. The summed E-state index contributed by atoms with van der Waals surface area (Å²) in [6.07, 6.45) is 8.07. The Morgan fingerprint density at radius 2 is 1.87 bits per heavy atom. The highest BCUT2D eigenvalue weighted by Crippen LogP contribution is 2.21. The van der Waals surface area contributed by atoms with Crippen LogP contribution in [0.25, 0.3) is 0 Å². The number of nitrogens with one attached hydrogen (secondary N) is 1. The van der Waals surface area contributed by atoms with Gasteiger partial charge in [-0.1, -0.05) is 32.6 Å². The zero-order valence-electron chi connectivity index (χ0n) is 10.6. The lowest BCUT2D eigenvalue weighted by Crippen LogP contribution is -2.50. The van der Waals surface area contributed by atoms with Crippen LogP contribution in [0.5, 0.6) is 0 Å². The molecule has 2 N–H and O–H groups in total. The second kappa shape index (κ2) is 5.86. The number of rotatable bonds is 4. The van der Waals surface area contributed by atoms with E-state index in [-0.39, 0.29) is 11.6 Å². The van der Waals surface area contributed by atoms with Crippen molar-refractivity contribution in [2.45, 2.75) is 83.4 Å². The minimum atomic E-state index is -0.136. The van der Waals surface area contributed by atoms with Crippen LogP contribution in [0, 0.1) is 0 Å². The van der Waals surface area contributed by atoms with Crippen molar-refractivity contribution in [3.05, 3.63) is 0 Å². The first-order chi connectivity index (χ1) is 7.05. The molecule has 2 nitrogen and oxygen atoms in total. The molecule has 2 heteroatoms. The fourth-order valence-corrected chi connectivity index (χ4v) is 2.66. The van der Waals surface area contributed by atoms with Gasteiger partial charge in [-0.05, 0) is 33.1 Å². The Morgan fingerprint density at radius 3 is 2.53 bits per heavy atom. The van der Waals surface area contributed by atoms with Gasteiger partial charge in [-0.25, -0.2) is 0 Å². The van der Waals surface area contributed by atoms with Gasteiger partial charge in [0.1, 0.15) is 0 Å². The number of aliphatic hydroxyl groups excluding tert-OH is 1. The molecule has 1 saturated carbocycles. The zero-order chi connectivity index (χ0) is 11.3. The number of hydrogen-bond donors (Lipinski definition) is 2. The zero-order valence-corrected chi connectivity index (χ0v) is 10.6. The fourth-order valence-electron chi connectivity index (χ4n) is 2.66. The molecule has 0 amide bonds. The van der Waals surface area contributed by atoms with Crippen LogP contribution in [0.2, 0.25) is 0 Å². The molecule has 0 spiro atoms. The molecule has 2 unspecified atom stereocenters. The first-order valence-electron chi connectivity index (χ1n) is 6.51. The normalized spacial score (nSPS) is 28.8. The monoisotopic (exact) mass is 213 g/mol. The lowest BCUT2D eigenvalue weighted by Gasteiger charge is -2.33. The minimum Gasteiger partial charge on any atom is -0.392 e. The Morgan fingerprint density at radius 1 is 1.20 bits per heavy atom. The van der Waals surface area contributed by atoms with E-state index >= 15 is 0 Å². The van der Waals surface area contributed by atoms with Crippen molar-refractivity contribution < 1.29 is 5.11 Å². The predicted octanol–water partition coefficient (Wildman–Crippen LogP) is 2.85. The molecule has 0 heterocycles. The summed E-state index contributed by atoms with van der Waals surface area (Å²) in [5, 5.41) is 13.7. The van der Waals surface area contributed by atoms with Crippen molar-refractivity contribution in [1.82, 2.24) is 5.32 Å². The second-order valence-corrected chi connectivity index (χ2v) is 5.59. The van der Waals surface area contributed by atoms with Gasteiger partial charge in [-0.15, -0.1) is 0 Å². The second-order valence-electron chi connectivity index (χ2n) is 5.59. The van der Waals surface area contributed by atoms with E-state index in [1.165, 1.54) is 32.1 Å². The van der Waals surface area contributed by atoms with Crippen molar-refractivity contribution in [3.63, 3.8) is 0 Å². The topological polar surface area (TPSA) is 32.3 Å². The molecular formula is C13H27NO. The Labute approximate surface area is 94.5 Å². The highest BCUT2D eigenvalue weighted by Gasteiger charge is 2.27. The Hall–Kier alpha value is -0.0800. The molecule has 0 saturated heterocycles. The van der Waals surface area contributed by atoms with Crippen molar-refractivity contribution in [2.75, 3.05) is 0 Å². The molecule has 0 aliphatic heterocycles. The molecule has 1 rings (SSSR count). The molecule has 0 bridgehead atoms. The Kier molecular flexibility index (Phi) is 5.07. The van der Waals surface area contributed by atoms with Gasteiger partial charge in [-0.3, -0.25) is 0 Å². The summed E-state index contributed by atoms with van der Waals surface area (Å²) in [7, 11) is 0. The first-order valence-corrected chi connectivity index (χ1v) is 6.51. The maximum absolute atomic E-state index is 10.0. The van der Waals surface area contributed by atoms with Gasteiger partial charge in [0, 0.05) is 11.6 Å². The summed E-state index contributed by atoms with van der Waals surface area (Å²) in [5.74, 6) is 0. The van der Waals surface area contributed by atoms with E-state index in [4.69, 9.17) is 0 Å². The van der Waals surface area contributed by atoms with Crippen LogP contribution in [0.15, 0.2) is 0 Å². The van der Waals surface area contributed by atoms with Crippen LogP contribution >= 0.6 is 0 Å². The van der Waals surface area contributed by atoms with Gasteiger partial charge < -0.3 is 10.4 Å². The predicted molar refractivity (Wildman–Crippen MR) is 65.0 cm³/mol. The summed E-state index contributed by atoms with van der Waals surface area (Å²) in [6.45, 7) is 6.70. The van der Waals surface area contributed by atoms with E-state index in [2.05, 4.69) is 26.1 Å². The van der Waals surface area contributed by atoms with Crippen LogP contribution in [0.3, 0.4) is 0 Å². The summed E-state index contributed by atoms with van der Waals surface area (Å²) in [5.41, 5.74) is 0.171. The van der Waals surface area contributed by atoms with Gasteiger partial charge in [0.05, 0.1) is 6.10 Å². The molecule has 1 aliphatic rings. The summed E-state index contributed by atoms with van der Waals surface area (Å²) in [6, 6.07) is 0.314.